The third-order valence-corrected chi connectivity index (χ3v) is 4.02. The average Bonchev–Trinajstić information content (AvgIpc) is 2.94. The molecule has 0 spiro atoms. The molecule has 106 valence electrons. The van der Waals surface area contributed by atoms with Crippen LogP contribution in [-0.4, -0.2) is 32.7 Å². The molecule has 3 rings (SSSR count). The summed E-state index contributed by atoms with van der Waals surface area (Å²) in [5.74, 6) is -1.78. The first-order chi connectivity index (χ1) is 9.58. The Bertz CT molecular complexity index is 556. The van der Waals surface area contributed by atoms with Gasteiger partial charge >= 0.3 is 5.97 Å². The number of carbonyl (C=O) groups excluding carboxylic acids is 2. The Morgan fingerprint density at radius 3 is 2.40 bits per heavy atom. The van der Waals surface area contributed by atoms with E-state index in [0.29, 0.717) is 5.69 Å². The fourth-order valence-corrected chi connectivity index (χ4v) is 3.11. The monoisotopic (exact) mass is 277 g/mol. The van der Waals surface area contributed by atoms with Crippen LogP contribution in [-0.2, 0) is 20.9 Å². The predicted molar refractivity (Wildman–Crippen MR) is 67.8 cm³/mol. The summed E-state index contributed by atoms with van der Waals surface area (Å²) in [6.45, 7) is -0.289. The average molecular weight is 277 g/mol. The number of carboxylic acid groups (broad SMARTS) is 1. The largest absolute Gasteiger partial charge is 0.480 e. The van der Waals surface area contributed by atoms with E-state index in [1.165, 1.54) is 22.0 Å². The molecule has 2 heterocycles. The van der Waals surface area contributed by atoms with Crippen molar-refractivity contribution in [2.75, 3.05) is 4.90 Å². The summed E-state index contributed by atoms with van der Waals surface area (Å²) in [5.41, 5.74) is 0.371. The zero-order valence-corrected chi connectivity index (χ0v) is 10.9. The van der Waals surface area contributed by atoms with Crippen molar-refractivity contribution in [2.45, 2.75) is 32.2 Å². The number of nitrogens with zero attached hydrogens (tertiary/aromatic N) is 3. The molecular weight excluding hydrogens is 262 g/mol. The van der Waals surface area contributed by atoms with E-state index < -0.39 is 5.97 Å². The Kier molecular flexibility index (Phi) is 3.04. The van der Waals surface area contributed by atoms with E-state index >= 15 is 0 Å². The fourth-order valence-electron chi connectivity index (χ4n) is 3.11. The molecule has 20 heavy (non-hydrogen) atoms. The minimum atomic E-state index is -1.02. The van der Waals surface area contributed by atoms with Crippen molar-refractivity contribution in [3.63, 3.8) is 0 Å². The molecule has 1 saturated heterocycles. The van der Waals surface area contributed by atoms with Gasteiger partial charge in [-0.2, -0.15) is 5.10 Å². The second-order valence-electron chi connectivity index (χ2n) is 5.30. The van der Waals surface area contributed by atoms with Crippen LogP contribution in [0.1, 0.15) is 25.7 Å². The van der Waals surface area contributed by atoms with Gasteiger partial charge in [0.1, 0.15) is 6.54 Å². The highest BCUT2D eigenvalue weighted by Crippen LogP contribution is 2.39. The van der Waals surface area contributed by atoms with Crippen LogP contribution in [0.4, 0.5) is 5.69 Å². The highest BCUT2D eigenvalue weighted by molar-refractivity contribution is 6.22. The standard InChI is InChI=1S/C13H15N3O4/c17-11(18)7-15-6-8(5-14-15)16-12(19)9-3-1-2-4-10(9)13(16)20/h5-6,9-10H,1-4,7H2,(H,17,18). The Labute approximate surface area is 115 Å². The molecule has 1 saturated carbocycles. The molecule has 0 radical (unpaired) electrons. The lowest BCUT2D eigenvalue weighted by Crippen LogP contribution is -2.30. The van der Waals surface area contributed by atoms with Crippen LogP contribution in [0, 0.1) is 11.8 Å². The van der Waals surface area contributed by atoms with E-state index in [-0.39, 0.29) is 30.2 Å². The SMILES string of the molecule is O=C(O)Cn1cc(N2C(=O)C3CCCCC3C2=O)cn1. The van der Waals surface area contributed by atoms with Crippen LogP contribution < -0.4 is 4.90 Å². The second kappa shape index (κ2) is 4.73. The number of imide groups is 1. The van der Waals surface area contributed by atoms with E-state index in [1.807, 2.05) is 0 Å². The Morgan fingerprint density at radius 1 is 1.25 bits per heavy atom. The lowest BCUT2D eigenvalue weighted by Gasteiger charge is -2.19. The van der Waals surface area contributed by atoms with E-state index in [9.17, 15) is 14.4 Å². The minimum absolute atomic E-state index is 0.172. The maximum absolute atomic E-state index is 12.3. The van der Waals surface area contributed by atoms with Crippen molar-refractivity contribution in [1.29, 1.82) is 0 Å². The molecule has 1 N–H and O–H groups in total. The topological polar surface area (TPSA) is 92.5 Å². The quantitative estimate of drug-likeness (QED) is 0.819. The summed E-state index contributed by atoms with van der Waals surface area (Å²) in [7, 11) is 0. The van der Waals surface area contributed by atoms with Gasteiger partial charge in [-0.1, -0.05) is 12.8 Å². The smallest absolute Gasteiger partial charge is 0.325 e. The van der Waals surface area contributed by atoms with Crippen molar-refractivity contribution < 1.29 is 19.5 Å². The fraction of sp³-hybridized carbons (Fsp3) is 0.538. The maximum Gasteiger partial charge on any atom is 0.325 e. The van der Waals surface area contributed by atoms with Gasteiger partial charge in [0.15, 0.2) is 0 Å². The zero-order valence-electron chi connectivity index (χ0n) is 10.9. The summed E-state index contributed by atoms with van der Waals surface area (Å²) in [4.78, 5) is 36.5. The third-order valence-electron chi connectivity index (χ3n) is 4.02. The summed E-state index contributed by atoms with van der Waals surface area (Å²) < 4.78 is 1.21. The normalized spacial score (nSPS) is 25.9. The van der Waals surface area contributed by atoms with Crippen LogP contribution in [0.15, 0.2) is 12.4 Å². The number of carbonyl (C=O) groups is 3. The molecular formula is C13H15N3O4. The van der Waals surface area contributed by atoms with E-state index in [2.05, 4.69) is 5.10 Å². The first-order valence-electron chi connectivity index (χ1n) is 6.70. The first kappa shape index (κ1) is 12.8. The van der Waals surface area contributed by atoms with Crippen molar-refractivity contribution in [2.24, 2.45) is 11.8 Å². The van der Waals surface area contributed by atoms with Crippen LogP contribution >= 0.6 is 0 Å². The number of rotatable bonds is 3. The van der Waals surface area contributed by atoms with Crippen LogP contribution in [0.2, 0.25) is 0 Å². The molecule has 2 amide bonds. The van der Waals surface area contributed by atoms with E-state index in [4.69, 9.17) is 5.11 Å². The van der Waals surface area contributed by atoms with E-state index in [0.717, 1.165) is 25.7 Å². The number of amides is 2. The van der Waals surface area contributed by atoms with Gasteiger partial charge in [0.05, 0.1) is 23.7 Å². The molecule has 7 nitrogen and oxygen atoms in total. The van der Waals surface area contributed by atoms with Crippen molar-refractivity contribution in [3.05, 3.63) is 12.4 Å². The molecule has 0 aromatic carbocycles. The lowest BCUT2D eigenvalue weighted by molar-refractivity contribution is -0.138. The molecule has 1 aromatic rings. The molecule has 1 aliphatic carbocycles. The number of anilines is 1. The summed E-state index contributed by atoms with van der Waals surface area (Å²) in [6.07, 6.45) is 6.28. The van der Waals surface area contributed by atoms with Crippen molar-refractivity contribution in [1.82, 2.24) is 9.78 Å². The molecule has 1 aliphatic heterocycles. The molecule has 2 fully saturated rings. The van der Waals surface area contributed by atoms with Gasteiger partial charge in [-0.3, -0.25) is 19.1 Å². The van der Waals surface area contributed by atoms with Crippen LogP contribution in [0.5, 0.6) is 0 Å². The molecule has 1 aromatic heterocycles. The van der Waals surface area contributed by atoms with Crippen LogP contribution in [0.3, 0.4) is 0 Å². The van der Waals surface area contributed by atoms with Gasteiger partial charge in [-0.05, 0) is 12.8 Å². The second-order valence-corrected chi connectivity index (χ2v) is 5.30. The third kappa shape index (κ3) is 1.99. The molecule has 2 unspecified atom stereocenters. The Hall–Kier alpha value is -2.18. The first-order valence-corrected chi connectivity index (χ1v) is 6.70. The molecule has 0 bridgehead atoms. The number of hydrogen-bond acceptors (Lipinski definition) is 4. The van der Waals surface area contributed by atoms with Crippen molar-refractivity contribution >= 4 is 23.5 Å². The van der Waals surface area contributed by atoms with E-state index in [1.54, 1.807) is 0 Å². The van der Waals surface area contributed by atoms with Gasteiger partial charge in [0.2, 0.25) is 11.8 Å². The number of aromatic nitrogens is 2. The lowest BCUT2D eigenvalue weighted by atomic mass is 9.81. The number of hydrogen-bond donors (Lipinski definition) is 1. The van der Waals surface area contributed by atoms with Gasteiger partial charge in [0, 0.05) is 6.20 Å². The van der Waals surface area contributed by atoms with Gasteiger partial charge < -0.3 is 5.11 Å². The number of fused-ring (bicyclic) bond motifs is 1. The minimum Gasteiger partial charge on any atom is -0.480 e. The van der Waals surface area contributed by atoms with Crippen molar-refractivity contribution in [3.8, 4) is 0 Å². The summed E-state index contributed by atoms with van der Waals surface area (Å²) in [6, 6.07) is 0. The highest BCUT2D eigenvalue weighted by Gasteiger charge is 2.49. The Morgan fingerprint density at radius 2 is 1.85 bits per heavy atom. The van der Waals surface area contributed by atoms with Crippen LogP contribution in [0.25, 0.3) is 0 Å². The Balaban J connectivity index is 1.86. The summed E-state index contributed by atoms with van der Waals surface area (Å²) in [5, 5.41) is 12.6. The zero-order chi connectivity index (χ0) is 14.3. The summed E-state index contributed by atoms with van der Waals surface area (Å²) >= 11 is 0. The number of aliphatic carboxylic acids is 1. The maximum atomic E-state index is 12.3. The molecule has 2 atom stereocenters. The molecule has 2 aliphatic rings. The van der Waals surface area contributed by atoms with Gasteiger partial charge in [-0.15, -0.1) is 0 Å². The van der Waals surface area contributed by atoms with Gasteiger partial charge in [0.25, 0.3) is 0 Å². The predicted octanol–water partition coefficient (Wildman–Crippen LogP) is 0.647. The number of carboxylic acids is 1. The highest BCUT2D eigenvalue weighted by atomic mass is 16.4. The van der Waals surface area contributed by atoms with Gasteiger partial charge in [-0.25, -0.2) is 4.90 Å². The molecule has 7 heteroatoms.